The number of rotatable bonds is 5. The van der Waals surface area contributed by atoms with E-state index in [2.05, 4.69) is 20.4 Å². The number of hydrogen-bond donors (Lipinski definition) is 0. The van der Waals surface area contributed by atoms with E-state index in [4.69, 9.17) is 9.47 Å². The van der Waals surface area contributed by atoms with E-state index in [1.54, 1.807) is 23.6 Å². The summed E-state index contributed by atoms with van der Waals surface area (Å²) < 4.78 is 14.0. The van der Waals surface area contributed by atoms with Crippen LogP contribution in [0.15, 0.2) is 30.7 Å². The zero-order chi connectivity index (χ0) is 15.5. The third-order valence-corrected chi connectivity index (χ3v) is 3.33. The van der Waals surface area contributed by atoms with E-state index in [1.165, 1.54) is 6.33 Å². The largest absolute Gasteiger partial charge is 0.493 e. The summed E-state index contributed by atoms with van der Waals surface area (Å²) in [6, 6.07) is 5.63. The Balaban J connectivity index is 1.86. The number of hydrogen-bond acceptors (Lipinski definition) is 6. The number of nitrogens with zero attached hydrogens (tertiary/aromatic N) is 6. The molecule has 0 spiro atoms. The van der Waals surface area contributed by atoms with Crippen LogP contribution in [0.4, 0.5) is 0 Å². The standard InChI is InChI=1S/C14H16N6O2/c1-19-14(15-9-16-19)8-20-7-11(17-18-20)10-4-5-12(21-2)13(6-10)22-3/h4-7,9H,8H2,1-3H3. The first-order valence-corrected chi connectivity index (χ1v) is 6.66. The number of aromatic nitrogens is 6. The molecule has 22 heavy (non-hydrogen) atoms. The summed E-state index contributed by atoms with van der Waals surface area (Å²) in [6.07, 6.45) is 3.37. The van der Waals surface area contributed by atoms with Gasteiger partial charge in [-0.05, 0) is 18.2 Å². The monoisotopic (exact) mass is 300 g/mol. The fraction of sp³-hybridized carbons (Fsp3) is 0.286. The summed E-state index contributed by atoms with van der Waals surface area (Å²) >= 11 is 0. The lowest BCUT2D eigenvalue weighted by molar-refractivity contribution is 0.355. The predicted molar refractivity (Wildman–Crippen MR) is 78.7 cm³/mol. The molecule has 0 saturated carbocycles. The molecule has 0 unspecified atom stereocenters. The summed E-state index contributed by atoms with van der Waals surface area (Å²) in [5, 5.41) is 12.3. The van der Waals surface area contributed by atoms with Crippen molar-refractivity contribution < 1.29 is 9.47 Å². The Labute approximate surface area is 127 Å². The molecule has 3 aromatic rings. The summed E-state index contributed by atoms with van der Waals surface area (Å²) in [5.41, 5.74) is 1.66. The van der Waals surface area contributed by atoms with Crippen LogP contribution in [0.2, 0.25) is 0 Å². The fourth-order valence-corrected chi connectivity index (χ4v) is 2.11. The van der Waals surface area contributed by atoms with Gasteiger partial charge in [0.1, 0.15) is 24.4 Å². The Kier molecular flexibility index (Phi) is 3.73. The molecule has 2 aromatic heterocycles. The maximum atomic E-state index is 5.30. The molecule has 0 radical (unpaired) electrons. The van der Waals surface area contributed by atoms with Crippen LogP contribution in [0.25, 0.3) is 11.3 Å². The van der Waals surface area contributed by atoms with Crippen molar-refractivity contribution in [1.82, 2.24) is 29.8 Å². The van der Waals surface area contributed by atoms with Crippen LogP contribution in [0.3, 0.4) is 0 Å². The van der Waals surface area contributed by atoms with Gasteiger partial charge in [-0.2, -0.15) is 5.10 Å². The lowest BCUT2D eigenvalue weighted by atomic mass is 10.1. The van der Waals surface area contributed by atoms with Crippen molar-refractivity contribution >= 4 is 0 Å². The second-order valence-corrected chi connectivity index (χ2v) is 4.67. The van der Waals surface area contributed by atoms with Gasteiger partial charge in [0.15, 0.2) is 11.5 Å². The summed E-state index contributed by atoms with van der Waals surface area (Å²) in [5.74, 6) is 2.14. The maximum Gasteiger partial charge on any atom is 0.161 e. The normalized spacial score (nSPS) is 10.7. The molecule has 8 heteroatoms. The van der Waals surface area contributed by atoms with E-state index < -0.39 is 0 Å². The van der Waals surface area contributed by atoms with Crippen molar-refractivity contribution in [2.75, 3.05) is 14.2 Å². The van der Waals surface area contributed by atoms with E-state index in [0.29, 0.717) is 18.0 Å². The molecular formula is C14H16N6O2. The molecule has 0 bridgehead atoms. The number of methoxy groups -OCH3 is 2. The second kappa shape index (κ2) is 5.84. The van der Waals surface area contributed by atoms with E-state index in [-0.39, 0.29) is 0 Å². The molecule has 0 aliphatic heterocycles. The number of aryl methyl sites for hydroxylation is 1. The zero-order valence-corrected chi connectivity index (χ0v) is 12.6. The van der Waals surface area contributed by atoms with Crippen LogP contribution in [0, 0.1) is 0 Å². The molecule has 3 rings (SSSR count). The lowest BCUT2D eigenvalue weighted by Gasteiger charge is -2.07. The van der Waals surface area contributed by atoms with Gasteiger partial charge >= 0.3 is 0 Å². The molecular weight excluding hydrogens is 284 g/mol. The maximum absolute atomic E-state index is 5.30. The average molecular weight is 300 g/mol. The van der Waals surface area contributed by atoms with Crippen LogP contribution >= 0.6 is 0 Å². The first-order valence-electron chi connectivity index (χ1n) is 6.66. The molecule has 0 aliphatic carbocycles. The SMILES string of the molecule is COc1ccc(-c2cn(Cc3ncnn3C)nn2)cc1OC. The van der Waals surface area contributed by atoms with E-state index in [1.807, 2.05) is 31.4 Å². The van der Waals surface area contributed by atoms with Gasteiger partial charge < -0.3 is 9.47 Å². The Bertz CT molecular complexity index is 779. The molecule has 0 saturated heterocycles. The molecule has 0 N–H and O–H groups in total. The van der Waals surface area contributed by atoms with Crippen molar-refractivity contribution in [3.8, 4) is 22.8 Å². The number of ether oxygens (including phenoxy) is 2. The van der Waals surface area contributed by atoms with Crippen LogP contribution in [-0.4, -0.2) is 44.0 Å². The second-order valence-electron chi connectivity index (χ2n) is 4.67. The van der Waals surface area contributed by atoms with Gasteiger partial charge in [0.25, 0.3) is 0 Å². The molecule has 8 nitrogen and oxygen atoms in total. The van der Waals surface area contributed by atoms with Gasteiger partial charge in [-0.15, -0.1) is 5.10 Å². The summed E-state index contributed by atoms with van der Waals surface area (Å²) in [6.45, 7) is 0.511. The van der Waals surface area contributed by atoms with E-state index in [9.17, 15) is 0 Å². The Morgan fingerprint density at radius 2 is 1.95 bits per heavy atom. The van der Waals surface area contributed by atoms with Gasteiger partial charge in [0.05, 0.1) is 20.4 Å². The molecule has 0 aliphatic rings. The topological polar surface area (TPSA) is 79.9 Å². The molecule has 0 atom stereocenters. The van der Waals surface area contributed by atoms with Gasteiger partial charge in [0, 0.05) is 12.6 Å². The lowest BCUT2D eigenvalue weighted by Crippen LogP contribution is -2.07. The zero-order valence-electron chi connectivity index (χ0n) is 12.6. The van der Waals surface area contributed by atoms with Gasteiger partial charge in [0.2, 0.25) is 0 Å². The van der Waals surface area contributed by atoms with Crippen molar-refractivity contribution in [2.24, 2.45) is 7.05 Å². The molecule has 2 heterocycles. The van der Waals surface area contributed by atoms with Crippen molar-refractivity contribution in [1.29, 1.82) is 0 Å². The quantitative estimate of drug-likeness (QED) is 0.703. The highest BCUT2D eigenvalue weighted by Crippen LogP contribution is 2.31. The van der Waals surface area contributed by atoms with E-state index >= 15 is 0 Å². The Hall–Kier alpha value is -2.90. The first-order chi connectivity index (χ1) is 10.7. The highest BCUT2D eigenvalue weighted by Gasteiger charge is 2.10. The van der Waals surface area contributed by atoms with Crippen molar-refractivity contribution in [2.45, 2.75) is 6.54 Å². The molecule has 0 amide bonds. The van der Waals surface area contributed by atoms with Gasteiger partial charge in [-0.3, -0.25) is 4.68 Å². The number of benzene rings is 1. The highest BCUT2D eigenvalue weighted by molar-refractivity contribution is 5.63. The summed E-state index contributed by atoms with van der Waals surface area (Å²) in [7, 11) is 5.05. The third kappa shape index (κ3) is 2.62. The van der Waals surface area contributed by atoms with E-state index in [0.717, 1.165) is 17.1 Å². The van der Waals surface area contributed by atoms with Crippen LogP contribution in [0.1, 0.15) is 5.82 Å². The van der Waals surface area contributed by atoms with Crippen LogP contribution in [0.5, 0.6) is 11.5 Å². The molecule has 1 aromatic carbocycles. The van der Waals surface area contributed by atoms with Crippen LogP contribution < -0.4 is 9.47 Å². The first kappa shape index (κ1) is 14.1. The highest BCUT2D eigenvalue weighted by atomic mass is 16.5. The van der Waals surface area contributed by atoms with Crippen LogP contribution in [-0.2, 0) is 13.6 Å². The van der Waals surface area contributed by atoms with Crippen molar-refractivity contribution in [3.05, 3.63) is 36.5 Å². The van der Waals surface area contributed by atoms with Gasteiger partial charge in [-0.1, -0.05) is 5.21 Å². The molecule has 0 fully saturated rings. The minimum Gasteiger partial charge on any atom is -0.493 e. The average Bonchev–Trinajstić information content (AvgIpc) is 3.17. The Morgan fingerprint density at radius 3 is 2.64 bits per heavy atom. The Morgan fingerprint density at radius 1 is 1.14 bits per heavy atom. The van der Waals surface area contributed by atoms with Crippen molar-refractivity contribution in [3.63, 3.8) is 0 Å². The smallest absolute Gasteiger partial charge is 0.161 e. The minimum atomic E-state index is 0.511. The minimum absolute atomic E-state index is 0.511. The van der Waals surface area contributed by atoms with Gasteiger partial charge in [-0.25, -0.2) is 9.67 Å². The molecule has 114 valence electrons. The third-order valence-electron chi connectivity index (χ3n) is 3.33. The predicted octanol–water partition coefficient (Wildman–Crippen LogP) is 1.14. The fourth-order valence-electron chi connectivity index (χ4n) is 2.11. The summed E-state index contributed by atoms with van der Waals surface area (Å²) in [4.78, 5) is 4.17.